The predicted molar refractivity (Wildman–Crippen MR) is 83.7 cm³/mol. The lowest BCUT2D eigenvalue weighted by Crippen LogP contribution is -2.12. The average molecular weight is 317 g/mol. The largest absolute Gasteiger partial charge is 0.451 e. The summed E-state index contributed by atoms with van der Waals surface area (Å²) in [6.07, 6.45) is -4.59. The highest BCUT2D eigenvalue weighted by Gasteiger charge is 2.35. The van der Waals surface area contributed by atoms with Crippen LogP contribution in [0.2, 0.25) is 0 Å². The van der Waals surface area contributed by atoms with Crippen molar-refractivity contribution in [3.05, 3.63) is 59.4 Å². The first kappa shape index (κ1) is 15.3. The maximum absolute atomic E-state index is 13.0. The highest BCUT2D eigenvalue weighted by molar-refractivity contribution is 5.90. The second kappa shape index (κ2) is 5.53. The third-order valence-electron chi connectivity index (χ3n) is 3.34. The fraction of sp³-hybridized carbons (Fsp3) is 0.176. The fourth-order valence-electron chi connectivity index (χ4n) is 2.48. The molecule has 0 bridgehead atoms. The molecule has 2 aromatic carbocycles. The lowest BCUT2D eigenvalue weighted by Gasteiger charge is -2.13. The minimum atomic E-state index is -4.59. The topological polar surface area (TPSA) is 37.8 Å². The Hall–Kier alpha value is -2.63. The quantitative estimate of drug-likeness (QED) is 0.722. The molecule has 1 aromatic heterocycles. The van der Waals surface area contributed by atoms with E-state index >= 15 is 0 Å². The molecule has 0 atom stereocenters. The molecule has 6 heteroatoms. The molecule has 0 aliphatic heterocycles. The molecule has 3 aromatic rings. The van der Waals surface area contributed by atoms with E-state index in [2.05, 4.69) is 15.3 Å². The summed E-state index contributed by atoms with van der Waals surface area (Å²) in [7, 11) is 0. The maximum atomic E-state index is 13.0. The molecule has 0 aliphatic rings. The summed E-state index contributed by atoms with van der Waals surface area (Å²) in [6.45, 7) is 3.86. The lowest BCUT2D eigenvalue weighted by atomic mass is 10.1. The molecule has 0 saturated heterocycles. The summed E-state index contributed by atoms with van der Waals surface area (Å²) in [6, 6.07) is 12.3. The van der Waals surface area contributed by atoms with Crippen LogP contribution in [0.25, 0.3) is 10.9 Å². The van der Waals surface area contributed by atoms with E-state index in [1.165, 1.54) is 0 Å². The van der Waals surface area contributed by atoms with Crippen molar-refractivity contribution in [2.75, 3.05) is 5.32 Å². The van der Waals surface area contributed by atoms with Gasteiger partial charge in [0.1, 0.15) is 5.82 Å². The van der Waals surface area contributed by atoms with Crippen molar-refractivity contribution >= 4 is 22.4 Å². The number of anilines is 2. The zero-order valence-electron chi connectivity index (χ0n) is 12.6. The monoisotopic (exact) mass is 317 g/mol. The lowest BCUT2D eigenvalue weighted by molar-refractivity contribution is -0.144. The number of benzene rings is 2. The molecule has 118 valence electrons. The van der Waals surface area contributed by atoms with Crippen molar-refractivity contribution in [3.8, 4) is 0 Å². The second-order valence-electron chi connectivity index (χ2n) is 5.41. The van der Waals surface area contributed by atoms with E-state index in [4.69, 9.17) is 0 Å². The molecule has 0 spiro atoms. The van der Waals surface area contributed by atoms with Crippen LogP contribution in [0.5, 0.6) is 0 Å². The minimum Gasteiger partial charge on any atom is -0.340 e. The molecule has 0 saturated carbocycles. The second-order valence-corrected chi connectivity index (χ2v) is 5.41. The first-order valence-corrected chi connectivity index (χ1v) is 7.02. The highest BCUT2D eigenvalue weighted by Crippen LogP contribution is 2.31. The van der Waals surface area contributed by atoms with Crippen molar-refractivity contribution in [1.29, 1.82) is 0 Å². The van der Waals surface area contributed by atoms with Crippen LogP contribution < -0.4 is 5.32 Å². The van der Waals surface area contributed by atoms with Gasteiger partial charge in [-0.2, -0.15) is 13.2 Å². The van der Waals surface area contributed by atoms with Crippen LogP contribution in [-0.4, -0.2) is 9.97 Å². The van der Waals surface area contributed by atoms with E-state index in [1.54, 1.807) is 24.3 Å². The molecule has 23 heavy (non-hydrogen) atoms. The van der Waals surface area contributed by atoms with Crippen LogP contribution in [0.15, 0.2) is 42.5 Å². The number of fused-ring (bicyclic) bond motifs is 1. The van der Waals surface area contributed by atoms with Gasteiger partial charge >= 0.3 is 6.18 Å². The molecule has 0 fully saturated rings. The Morgan fingerprint density at radius 1 is 0.913 bits per heavy atom. The first-order valence-electron chi connectivity index (χ1n) is 7.02. The minimum absolute atomic E-state index is 0.146. The Kier molecular flexibility index (Phi) is 3.67. The van der Waals surface area contributed by atoms with Crippen molar-refractivity contribution in [3.63, 3.8) is 0 Å². The van der Waals surface area contributed by atoms with Crippen molar-refractivity contribution in [1.82, 2.24) is 9.97 Å². The standard InChI is InChI=1S/C17H14F3N3/c1-10-7-11(2)9-12(8-10)21-15-13-5-3-4-6-14(13)22-16(23-15)17(18,19)20/h3-9H,1-2H3,(H,21,22,23). The smallest absolute Gasteiger partial charge is 0.340 e. The van der Waals surface area contributed by atoms with Gasteiger partial charge in [-0.15, -0.1) is 0 Å². The van der Waals surface area contributed by atoms with Gasteiger partial charge in [-0.1, -0.05) is 18.2 Å². The van der Waals surface area contributed by atoms with Gasteiger partial charge in [0.25, 0.3) is 0 Å². The molecule has 0 aliphatic carbocycles. The highest BCUT2D eigenvalue weighted by atomic mass is 19.4. The molecule has 1 N–H and O–H groups in total. The first-order chi connectivity index (χ1) is 10.8. The summed E-state index contributed by atoms with van der Waals surface area (Å²) >= 11 is 0. The Labute approximate surface area is 131 Å². The van der Waals surface area contributed by atoms with Gasteiger partial charge in [0.15, 0.2) is 0 Å². The molecule has 0 unspecified atom stereocenters. The van der Waals surface area contributed by atoms with Crippen molar-refractivity contribution in [2.24, 2.45) is 0 Å². The molecular formula is C17H14F3N3. The van der Waals surface area contributed by atoms with E-state index < -0.39 is 12.0 Å². The van der Waals surface area contributed by atoms with Gasteiger partial charge < -0.3 is 5.32 Å². The molecule has 3 nitrogen and oxygen atoms in total. The van der Waals surface area contributed by atoms with Crippen molar-refractivity contribution in [2.45, 2.75) is 20.0 Å². The number of rotatable bonds is 2. The van der Waals surface area contributed by atoms with Crippen LogP contribution in [0.1, 0.15) is 17.0 Å². The van der Waals surface area contributed by atoms with Gasteiger partial charge in [0, 0.05) is 11.1 Å². The zero-order chi connectivity index (χ0) is 16.6. The number of nitrogens with one attached hydrogen (secondary N) is 1. The molecule has 1 heterocycles. The maximum Gasteiger partial charge on any atom is 0.451 e. The van der Waals surface area contributed by atoms with E-state index in [-0.39, 0.29) is 11.3 Å². The normalized spacial score (nSPS) is 11.7. The molecular weight excluding hydrogens is 303 g/mol. The van der Waals surface area contributed by atoms with Crippen LogP contribution in [0.3, 0.4) is 0 Å². The van der Waals surface area contributed by atoms with Crippen LogP contribution >= 0.6 is 0 Å². The van der Waals surface area contributed by atoms with Gasteiger partial charge in [0.05, 0.1) is 5.52 Å². The number of para-hydroxylation sites is 1. The van der Waals surface area contributed by atoms with Crippen LogP contribution in [0.4, 0.5) is 24.7 Å². The Bertz CT molecular complexity index is 852. The van der Waals surface area contributed by atoms with E-state index in [0.717, 1.165) is 11.1 Å². The van der Waals surface area contributed by atoms with E-state index in [1.807, 2.05) is 32.0 Å². The fourth-order valence-corrected chi connectivity index (χ4v) is 2.48. The zero-order valence-corrected chi connectivity index (χ0v) is 12.6. The number of nitrogens with zero attached hydrogens (tertiary/aromatic N) is 2. The third kappa shape index (κ3) is 3.26. The summed E-state index contributed by atoms with van der Waals surface area (Å²) < 4.78 is 39.0. The molecule has 3 rings (SSSR count). The number of hydrogen-bond donors (Lipinski definition) is 1. The average Bonchev–Trinajstić information content (AvgIpc) is 2.45. The van der Waals surface area contributed by atoms with Gasteiger partial charge in [-0.3, -0.25) is 0 Å². The molecule has 0 radical (unpaired) electrons. The van der Waals surface area contributed by atoms with Crippen LogP contribution in [0, 0.1) is 13.8 Å². The SMILES string of the molecule is Cc1cc(C)cc(Nc2nc(C(F)(F)F)nc3ccccc23)c1. The number of alkyl halides is 3. The van der Waals surface area contributed by atoms with Crippen LogP contribution in [-0.2, 0) is 6.18 Å². The predicted octanol–water partition coefficient (Wildman–Crippen LogP) is 5.01. The number of hydrogen-bond acceptors (Lipinski definition) is 3. The van der Waals surface area contributed by atoms with Gasteiger partial charge in [-0.25, -0.2) is 9.97 Å². The number of halogens is 3. The third-order valence-corrected chi connectivity index (χ3v) is 3.34. The summed E-state index contributed by atoms with van der Waals surface area (Å²) in [4.78, 5) is 7.29. The summed E-state index contributed by atoms with van der Waals surface area (Å²) in [5.41, 5.74) is 2.98. The van der Waals surface area contributed by atoms with Crippen molar-refractivity contribution < 1.29 is 13.2 Å². The van der Waals surface area contributed by atoms with Gasteiger partial charge in [-0.05, 0) is 49.2 Å². The summed E-state index contributed by atoms with van der Waals surface area (Å²) in [5.74, 6) is -1.00. The van der Waals surface area contributed by atoms with E-state index in [0.29, 0.717) is 11.1 Å². The number of aromatic nitrogens is 2. The van der Waals surface area contributed by atoms with Gasteiger partial charge in [0.2, 0.25) is 5.82 Å². The summed E-state index contributed by atoms with van der Waals surface area (Å²) in [5, 5.41) is 3.53. The number of aryl methyl sites for hydroxylation is 2. The Morgan fingerprint density at radius 3 is 2.22 bits per heavy atom. The van der Waals surface area contributed by atoms with E-state index in [9.17, 15) is 13.2 Å². The molecule has 0 amide bonds. The Balaban J connectivity index is 2.15. The Morgan fingerprint density at radius 2 is 1.57 bits per heavy atom.